The van der Waals surface area contributed by atoms with Crippen molar-refractivity contribution in [3.63, 3.8) is 0 Å². The maximum atomic E-state index is 12.6. The van der Waals surface area contributed by atoms with Crippen LogP contribution in [0.1, 0.15) is 34.3 Å². The van der Waals surface area contributed by atoms with E-state index in [9.17, 15) is 9.59 Å². The second-order valence-corrected chi connectivity index (χ2v) is 6.58. The van der Waals surface area contributed by atoms with E-state index >= 15 is 0 Å². The lowest BCUT2D eigenvalue weighted by Crippen LogP contribution is -2.41. The third-order valence-electron chi connectivity index (χ3n) is 4.72. The molecule has 1 saturated heterocycles. The van der Waals surface area contributed by atoms with Gasteiger partial charge in [-0.15, -0.1) is 0 Å². The van der Waals surface area contributed by atoms with Crippen LogP contribution in [0.25, 0.3) is 0 Å². The van der Waals surface area contributed by atoms with Gasteiger partial charge >= 0.3 is 0 Å². The maximum Gasteiger partial charge on any atom is 0.253 e. The fraction of sp³-hybridized carbons (Fsp3) is 0.286. The first-order valence-corrected chi connectivity index (χ1v) is 8.74. The molecule has 0 radical (unpaired) electrons. The lowest BCUT2D eigenvalue weighted by Gasteiger charge is -2.31. The Balaban J connectivity index is 1.59. The van der Waals surface area contributed by atoms with Gasteiger partial charge in [0.05, 0.1) is 11.3 Å². The molecule has 0 spiro atoms. The molecule has 1 N–H and O–H groups in total. The summed E-state index contributed by atoms with van der Waals surface area (Å²) < 4.78 is 0. The Hall–Kier alpha value is -3.13. The summed E-state index contributed by atoms with van der Waals surface area (Å²) in [5, 5.41) is 12.0. The molecule has 0 atom stereocenters. The van der Waals surface area contributed by atoms with Crippen LogP contribution >= 0.6 is 0 Å². The number of nitrogens with zero attached hydrogens (tertiary/aromatic N) is 2. The molecule has 1 aliphatic rings. The van der Waals surface area contributed by atoms with Crippen LogP contribution in [0, 0.1) is 24.2 Å². The van der Waals surface area contributed by atoms with E-state index in [2.05, 4.69) is 11.4 Å². The number of anilines is 1. The molecular weight excluding hydrogens is 326 g/mol. The smallest absolute Gasteiger partial charge is 0.253 e. The molecule has 3 rings (SSSR count). The van der Waals surface area contributed by atoms with Gasteiger partial charge in [-0.3, -0.25) is 9.59 Å². The SMILES string of the molecule is Cc1cccc(C(=O)N2CCC(C(=O)Nc3ccccc3C#N)CC2)c1. The Morgan fingerprint density at radius 3 is 2.54 bits per heavy atom. The maximum absolute atomic E-state index is 12.6. The first-order chi connectivity index (χ1) is 12.6. The molecule has 0 saturated carbocycles. The van der Waals surface area contributed by atoms with Gasteiger partial charge in [-0.05, 0) is 44.0 Å². The molecule has 0 bridgehead atoms. The normalized spacial score (nSPS) is 14.5. The molecule has 5 heteroatoms. The largest absolute Gasteiger partial charge is 0.339 e. The summed E-state index contributed by atoms with van der Waals surface area (Å²) in [6.45, 7) is 3.09. The zero-order valence-electron chi connectivity index (χ0n) is 14.7. The highest BCUT2D eigenvalue weighted by Crippen LogP contribution is 2.22. The third kappa shape index (κ3) is 3.92. The summed E-state index contributed by atoms with van der Waals surface area (Å²) in [7, 11) is 0. The summed E-state index contributed by atoms with van der Waals surface area (Å²) in [6, 6.07) is 16.6. The van der Waals surface area contributed by atoms with Gasteiger partial charge < -0.3 is 10.2 Å². The third-order valence-corrected chi connectivity index (χ3v) is 4.72. The zero-order chi connectivity index (χ0) is 18.5. The predicted octanol–water partition coefficient (Wildman–Crippen LogP) is 3.36. The number of aryl methyl sites for hydroxylation is 1. The second-order valence-electron chi connectivity index (χ2n) is 6.58. The van der Waals surface area contributed by atoms with Crippen molar-refractivity contribution >= 4 is 17.5 Å². The van der Waals surface area contributed by atoms with Crippen LogP contribution in [0.4, 0.5) is 5.69 Å². The molecule has 0 aliphatic carbocycles. The van der Waals surface area contributed by atoms with Gasteiger partial charge in [0.2, 0.25) is 5.91 Å². The summed E-state index contributed by atoms with van der Waals surface area (Å²) in [4.78, 5) is 26.9. The quantitative estimate of drug-likeness (QED) is 0.925. The molecule has 1 heterocycles. The Labute approximate surface area is 153 Å². The van der Waals surface area contributed by atoms with Crippen molar-refractivity contribution in [1.29, 1.82) is 5.26 Å². The molecule has 26 heavy (non-hydrogen) atoms. The average Bonchev–Trinajstić information content (AvgIpc) is 2.68. The molecule has 0 unspecified atom stereocenters. The van der Waals surface area contributed by atoms with Crippen molar-refractivity contribution in [2.24, 2.45) is 5.92 Å². The van der Waals surface area contributed by atoms with Crippen molar-refractivity contribution < 1.29 is 9.59 Å². The molecule has 5 nitrogen and oxygen atoms in total. The number of carbonyl (C=O) groups excluding carboxylic acids is 2. The Morgan fingerprint density at radius 2 is 1.85 bits per heavy atom. The van der Waals surface area contributed by atoms with Gasteiger partial charge in [0.1, 0.15) is 6.07 Å². The van der Waals surface area contributed by atoms with E-state index in [1.165, 1.54) is 0 Å². The van der Waals surface area contributed by atoms with Gasteiger partial charge in [0.15, 0.2) is 0 Å². The standard InChI is InChI=1S/C21H21N3O2/c1-15-5-4-7-17(13-15)21(26)24-11-9-16(10-12-24)20(25)23-19-8-3-2-6-18(19)14-22/h2-8,13,16H,9-12H2,1H3,(H,23,25). The number of hydrogen-bond donors (Lipinski definition) is 1. The van der Waals surface area contributed by atoms with Crippen LogP contribution in [-0.4, -0.2) is 29.8 Å². The molecule has 2 aromatic rings. The zero-order valence-corrected chi connectivity index (χ0v) is 14.7. The summed E-state index contributed by atoms with van der Waals surface area (Å²) >= 11 is 0. The van der Waals surface area contributed by atoms with Crippen molar-refractivity contribution in [1.82, 2.24) is 4.90 Å². The fourth-order valence-corrected chi connectivity index (χ4v) is 3.23. The number of amides is 2. The fourth-order valence-electron chi connectivity index (χ4n) is 3.23. The molecule has 2 amide bonds. The predicted molar refractivity (Wildman–Crippen MR) is 99.6 cm³/mol. The minimum absolute atomic E-state index is 0.0161. The van der Waals surface area contributed by atoms with Crippen LogP contribution in [-0.2, 0) is 4.79 Å². The van der Waals surface area contributed by atoms with Crippen LogP contribution in [0.15, 0.2) is 48.5 Å². The van der Waals surface area contributed by atoms with Gasteiger partial charge in [-0.1, -0.05) is 29.8 Å². The highest BCUT2D eigenvalue weighted by molar-refractivity contribution is 5.96. The number of benzene rings is 2. The van der Waals surface area contributed by atoms with E-state index in [0.717, 1.165) is 5.56 Å². The second kappa shape index (κ2) is 7.83. The van der Waals surface area contributed by atoms with Crippen LogP contribution in [0.3, 0.4) is 0 Å². The van der Waals surface area contributed by atoms with E-state index in [4.69, 9.17) is 5.26 Å². The van der Waals surface area contributed by atoms with E-state index in [1.807, 2.05) is 36.1 Å². The topological polar surface area (TPSA) is 73.2 Å². The molecule has 0 aromatic heterocycles. The lowest BCUT2D eigenvalue weighted by atomic mass is 9.95. The van der Waals surface area contributed by atoms with Crippen molar-refractivity contribution in [3.05, 3.63) is 65.2 Å². The minimum atomic E-state index is -0.150. The van der Waals surface area contributed by atoms with Crippen molar-refractivity contribution in [2.45, 2.75) is 19.8 Å². The number of piperidine rings is 1. The van der Waals surface area contributed by atoms with Crippen LogP contribution in [0.5, 0.6) is 0 Å². The van der Waals surface area contributed by atoms with E-state index in [-0.39, 0.29) is 17.7 Å². The molecular formula is C21H21N3O2. The van der Waals surface area contributed by atoms with E-state index in [1.54, 1.807) is 24.3 Å². The number of para-hydroxylation sites is 1. The summed E-state index contributed by atoms with van der Waals surface area (Å²) in [5.74, 6) is -0.221. The first kappa shape index (κ1) is 17.7. The highest BCUT2D eigenvalue weighted by Gasteiger charge is 2.28. The Bertz CT molecular complexity index is 862. The number of carbonyl (C=O) groups is 2. The minimum Gasteiger partial charge on any atom is -0.339 e. The van der Waals surface area contributed by atoms with E-state index < -0.39 is 0 Å². The Morgan fingerprint density at radius 1 is 1.12 bits per heavy atom. The van der Waals surface area contributed by atoms with Crippen molar-refractivity contribution in [3.8, 4) is 6.07 Å². The first-order valence-electron chi connectivity index (χ1n) is 8.74. The summed E-state index contributed by atoms with van der Waals surface area (Å²) in [6.07, 6.45) is 1.25. The van der Waals surface area contributed by atoms with Gasteiger partial charge in [-0.2, -0.15) is 5.26 Å². The molecule has 132 valence electrons. The van der Waals surface area contributed by atoms with Crippen LogP contribution < -0.4 is 5.32 Å². The average molecular weight is 347 g/mol. The summed E-state index contributed by atoms with van der Waals surface area (Å²) in [5.41, 5.74) is 2.74. The molecule has 2 aromatic carbocycles. The number of nitrogens with one attached hydrogen (secondary N) is 1. The van der Waals surface area contributed by atoms with Crippen molar-refractivity contribution in [2.75, 3.05) is 18.4 Å². The van der Waals surface area contributed by atoms with Gasteiger partial charge in [0.25, 0.3) is 5.91 Å². The molecule has 1 aliphatic heterocycles. The number of likely N-dealkylation sites (tertiary alicyclic amines) is 1. The van der Waals surface area contributed by atoms with Gasteiger partial charge in [0, 0.05) is 24.6 Å². The Kier molecular flexibility index (Phi) is 5.33. The number of rotatable bonds is 3. The molecule has 1 fully saturated rings. The van der Waals surface area contributed by atoms with E-state index in [0.29, 0.717) is 42.7 Å². The lowest BCUT2D eigenvalue weighted by molar-refractivity contribution is -0.121. The highest BCUT2D eigenvalue weighted by atomic mass is 16.2. The number of hydrogen-bond acceptors (Lipinski definition) is 3. The van der Waals surface area contributed by atoms with Gasteiger partial charge in [-0.25, -0.2) is 0 Å². The number of nitriles is 1. The monoisotopic (exact) mass is 347 g/mol. The van der Waals surface area contributed by atoms with Crippen LogP contribution in [0.2, 0.25) is 0 Å².